The Kier molecular flexibility index (Phi) is 6.54. The molecule has 3 fully saturated rings. The van der Waals surface area contributed by atoms with Gasteiger partial charge in [-0.1, -0.05) is 6.07 Å². The third kappa shape index (κ3) is 4.99. The van der Waals surface area contributed by atoms with E-state index in [0.29, 0.717) is 63.7 Å². The van der Waals surface area contributed by atoms with Crippen molar-refractivity contribution in [3.8, 4) is 0 Å². The Morgan fingerprint density at radius 3 is 2.53 bits per heavy atom. The highest BCUT2D eigenvalue weighted by molar-refractivity contribution is 5.94. The molecule has 1 atom stereocenters. The molecule has 3 aliphatic rings. The van der Waals surface area contributed by atoms with Gasteiger partial charge in [-0.25, -0.2) is 4.79 Å². The molecule has 1 spiro atoms. The zero-order valence-corrected chi connectivity index (χ0v) is 20.3. The number of likely N-dealkylation sites (tertiary alicyclic amines) is 2. The number of carbonyl (C=O) groups excluding carboxylic acids is 2. The molecule has 4 heterocycles. The minimum atomic E-state index is -4.44. The first-order valence-electron chi connectivity index (χ1n) is 12.2. The third-order valence-electron chi connectivity index (χ3n) is 7.58. The Balaban J connectivity index is 1.26. The fourth-order valence-electron chi connectivity index (χ4n) is 5.57. The molecule has 1 aromatic heterocycles. The van der Waals surface area contributed by atoms with Crippen molar-refractivity contribution >= 4 is 17.5 Å². The van der Waals surface area contributed by atoms with E-state index in [1.807, 2.05) is 4.90 Å². The van der Waals surface area contributed by atoms with Crippen LogP contribution >= 0.6 is 0 Å². The van der Waals surface area contributed by atoms with Crippen LogP contribution in [-0.4, -0.2) is 83.9 Å². The van der Waals surface area contributed by atoms with E-state index in [1.165, 1.54) is 30.1 Å². The topological polar surface area (TPSA) is 70.9 Å². The van der Waals surface area contributed by atoms with E-state index >= 15 is 0 Å². The molecule has 0 radical (unpaired) electrons. The second-order valence-electron chi connectivity index (χ2n) is 10.1. The fraction of sp³-hybridized carbons (Fsp3) is 0.560. The van der Waals surface area contributed by atoms with Crippen molar-refractivity contribution in [2.24, 2.45) is 5.41 Å². The van der Waals surface area contributed by atoms with Crippen molar-refractivity contribution in [3.63, 3.8) is 0 Å². The van der Waals surface area contributed by atoms with Crippen LogP contribution in [0.25, 0.3) is 0 Å². The number of ketones is 1. The number of ether oxygens (including phenoxy) is 1. The molecule has 194 valence electrons. The summed E-state index contributed by atoms with van der Waals surface area (Å²) in [6.45, 7) is 6.22. The van der Waals surface area contributed by atoms with Crippen LogP contribution in [0.2, 0.25) is 0 Å². The minimum absolute atomic E-state index is 0.141. The number of benzene rings is 1. The van der Waals surface area contributed by atoms with Gasteiger partial charge in [-0.2, -0.15) is 23.0 Å². The molecule has 8 nitrogen and oxygen atoms in total. The quantitative estimate of drug-likeness (QED) is 0.593. The number of hydrogen-bond donors (Lipinski definition) is 0. The molecule has 1 amide bonds. The van der Waals surface area contributed by atoms with Crippen LogP contribution in [0.5, 0.6) is 0 Å². The largest absolute Gasteiger partial charge is 0.416 e. The van der Waals surface area contributed by atoms with Gasteiger partial charge in [0.05, 0.1) is 30.5 Å². The van der Waals surface area contributed by atoms with E-state index in [1.54, 1.807) is 17.0 Å². The SMILES string of the molecule is CC(=O)c1cnn(C(=O)N2CC[C@@]3(CCN(Cc4ccc(N5CCOCC5)cc4C(F)(F)F)C3)C2)c1. The molecule has 3 saturated heterocycles. The minimum Gasteiger partial charge on any atom is -0.378 e. The highest BCUT2D eigenvalue weighted by Crippen LogP contribution is 2.41. The van der Waals surface area contributed by atoms with Crippen molar-refractivity contribution in [2.45, 2.75) is 32.5 Å². The zero-order valence-electron chi connectivity index (χ0n) is 20.3. The van der Waals surface area contributed by atoms with Gasteiger partial charge in [0.25, 0.3) is 0 Å². The lowest BCUT2D eigenvalue weighted by Gasteiger charge is -2.30. The zero-order chi connectivity index (χ0) is 25.5. The maximum absolute atomic E-state index is 14.0. The summed E-state index contributed by atoms with van der Waals surface area (Å²) in [6.07, 6.45) is -0.00409. The lowest BCUT2D eigenvalue weighted by molar-refractivity contribution is -0.138. The summed E-state index contributed by atoms with van der Waals surface area (Å²) < 4.78 is 48.5. The van der Waals surface area contributed by atoms with Gasteiger partial charge in [0, 0.05) is 56.6 Å². The summed E-state index contributed by atoms with van der Waals surface area (Å²) in [4.78, 5) is 30.1. The molecule has 1 aromatic carbocycles. The van der Waals surface area contributed by atoms with E-state index in [4.69, 9.17) is 4.74 Å². The number of morpholine rings is 1. The van der Waals surface area contributed by atoms with Crippen molar-refractivity contribution in [3.05, 3.63) is 47.3 Å². The molecule has 0 aliphatic carbocycles. The van der Waals surface area contributed by atoms with Gasteiger partial charge in [0.1, 0.15) is 0 Å². The van der Waals surface area contributed by atoms with Gasteiger partial charge in [-0.05, 0) is 44.0 Å². The Bertz CT molecular complexity index is 1140. The lowest BCUT2D eigenvalue weighted by Crippen LogP contribution is -2.36. The Labute approximate surface area is 207 Å². The van der Waals surface area contributed by atoms with Crippen LogP contribution in [0.15, 0.2) is 30.6 Å². The van der Waals surface area contributed by atoms with Crippen LogP contribution < -0.4 is 4.90 Å². The predicted octanol–water partition coefficient (Wildman–Crippen LogP) is 3.51. The van der Waals surface area contributed by atoms with E-state index < -0.39 is 11.7 Å². The van der Waals surface area contributed by atoms with Crippen LogP contribution in [-0.2, 0) is 17.5 Å². The number of alkyl halides is 3. The number of halogens is 3. The van der Waals surface area contributed by atoms with Crippen LogP contribution in [0.4, 0.5) is 23.7 Å². The summed E-state index contributed by atoms with van der Waals surface area (Å²) in [6, 6.07) is 4.36. The molecule has 0 saturated carbocycles. The molecule has 36 heavy (non-hydrogen) atoms. The summed E-state index contributed by atoms with van der Waals surface area (Å²) in [5, 5.41) is 4.02. The van der Waals surface area contributed by atoms with Gasteiger partial charge < -0.3 is 14.5 Å². The maximum atomic E-state index is 14.0. The van der Waals surface area contributed by atoms with Crippen LogP contribution in [0.3, 0.4) is 0 Å². The van der Waals surface area contributed by atoms with E-state index in [0.717, 1.165) is 12.8 Å². The van der Waals surface area contributed by atoms with Crippen molar-refractivity contribution in [2.75, 3.05) is 57.4 Å². The van der Waals surface area contributed by atoms with E-state index in [-0.39, 0.29) is 29.3 Å². The Morgan fingerprint density at radius 2 is 1.83 bits per heavy atom. The van der Waals surface area contributed by atoms with E-state index in [9.17, 15) is 22.8 Å². The van der Waals surface area contributed by atoms with Gasteiger partial charge in [0.15, 0.2) is 5.78 Å². The maximum Gasteiger partial charge on any atom is 0.416 e. The molecule has 5 rings (SSSR count). The summed E-state index contributed by atoms with van der Waals surface area (Å²) >= 11 is 0. The fourth-order valence-corrected chi connectivity index (χ4v) is 5.57. The first-order valence-corrected chi connectivity index (χ1v) is 12.2. The molecule has 0 unspecified atom stereocenters. The van der Waals surface area contributed by atoms with Gasteiger partial charge in [-0.15, -0.1) is 0 Å². The molecule has 3 aliphatic heterocycles. The Morgan fingerprint density at radius 1 is 1.08 bits per heavy atom. The lowest BCUT2D eigenvalue weighted by atomic mass is 9.86. The number of carbonyl (C=O) groups is 2. The van der Waals surface area contributed by atoms with Gasteiger partial charge in [0.2, 0.25) is 0 Å². The number of rotatable bonds is 4. The van der Waals surface area contributed by atoms with E-state index in [2.05, 4.69) is 10.00 Å². The molecule has 11 heteroatoms. The normalized spacial score (nSPS) is 23.1. The van der Waals surface area contributed by atoms with Crippen molar-refractivity contribution < 1.29 is 27.5 Å². The number of Topliss-reactive ketones (excluding diaryl/α,β-unsaturated/α-hetero) is 1. The second kappa shape index (κ2) is 9.51. The van der Waals surface area contributed by atoms with Gasteiger partial charge in [-0.3, -0.25) is 9.69 Å². The summed E-state index contributed by atoms with van der Waals surface area (Å²) in [5.41, 5.74) is 0.498. The van der Waals surface area contributed by atoms with Crippen LogP contribution in [0.1, 0.15) is 41.3 Å². The van der Waals surface area contributed by atoms with Crippen LogP contribution in [0, 0.1) is 5.41 Å². The predicted molar refractivity (Wildman–Crippen MR) is 126 cm³/mol. The summed E-state index contributed by atoms with van der Waals surface area (Å²) in [7, 11) is 0. The molecular weight excluding hydrogens is 475 g/mol. The number of anilines is 1. The second-order valence-corrected chi connectivity index (χ2v) is 10.1. The molecule has 0 N–H and O–H groups in total. The van der Waals surface area contributed by atoms with Crippen molar-refractivity contribution in [1.29, 1.82) is 0 Å². The number of hydrogen-bond acceptors (Lipinski definition) is 6. The Hall–Kier alpha value is -2.92. The average Bonchev–Trinajstić information content (AvgIpc) is 3.60. The van der Waals surface area contributed by atoms with Crippen molar-refractivity contribution in [1.82, 2.24) is 19.6 Å². The monoisotopic (exact) mass is 505 g/mol. The smallest absolute Gasteiger partial charge is 0.378 e. The highest BCUT2D eigenvalue weighted by atomic mass is 19.4. The standard InChI is InChI=1S/C25H30F3N5O3/c1-18(34)20-13-29-33(15-20)23(35)32-7-5-24(17-32)4-6-30(16-24)14-19-2-3-21(12-22(19)25(26,27)28)31-8-10-36-11-9-31/h2-3,12-13,15H,4-11,14,16-17H2,1H3/t24-/m1/s1. The first-order chi connectivity index (χ1) is 17.1. The highest BCUT2D eigenvalue weighted by Gasteiger charge is 2.45. The summed E-state index contributed by atoms with van der Waals surface area (Å²) in [5.74, 6) is -0.158. The molecule has 2 aromatic rings. The van der Waals surface area contributed by atoms with Gasteiger partial charge >= 0.3 is 12.2 Å². The molecular formula is C25H30F3N5O3. The molecule has 0 bridgehead atoms. The first kappa shape index (κ1) is 24.8. The average molecular weight is 506 g/mol. The number of amides is 1. The number of nitrogens with zero attached hydrogens (tertiary/aromatic N) is 5. The number of aromatic nitrogens is 2. The third-order valence-corrected chi connectivity index (χ3v) is 7.58.